The zero-order chi connectivity index (χ0) is 22.1. The van der Waals surface area contributed by atoms with Gasteiger partial charge in [0.2, 0.25) is 5.91 Å². The number of carbonyl (C=O) groups excluding carboxylic acids is 4. The first-order valence-electron chi connectivity index (χ1n) is 9.59. The average Bonchev–Trinajstić information content (AvgIpc) is 2.74. The van der Waals surface area contributed by atoms with Crippen LogP contribution in [0.5, 0.6) is 0 Å². The summed E-state index contributed by atoms with van der Waals surface area (Å²) in [6.07, 6.45) is 0.286. The van der Waals surface area contributed by atoms with Crippen LogP contribution in [-0.2, 0) is 14.3 Å². The lowest BCUT2D eigenvalue weighted by Gasteiger charge is -2.13. The number of benzene rings is 2. The SMILES string of the molecule is CCOC(=O)c1ccc(C(=O)Nc2cc(NC(=O)CC)ccc2C(=O)OCC)cc1. The number of rotatable bonds is 8. The summed E-state index contributed by atoms with van der Waals surface area (Å²) < 4.78 is 9.95. The molecule has 0 saturated heterocycles. The largest absolute Gasteiger partial charge is 0.462 e. The Morgan fingerprint density at radius 3 is 1.97 bits per heavy atom. The molecule has 2 aromatic carbocycles. The van der Waals surface area contributed by atoms with E-state index in [2.05, 4.69) is 10.6 Å². The van der Waals surface area contributed by atoms with Gasteiger partial charge < -0.3 is 20.1 Å². The van der Waals surface area contributed by atoms with Gasteiger partial charge in [0.25, 0.3) is 5.91 Å². The summed E-state index contributed by atoms with van der Waals surface area (Å²) in [5.41, 5.74) is 1.39. The van der Waals surface area contributed by atoms with Crippen LogP contribution in [0.3, 0.4) is 0 Å². The highest BCUT2D eigenvalue weighted by atomic mass is 16.5. The molecular formula is C22H24N2O6. The smallest absolute Gasteiger partial charge is 0.340 e. The predicted molar refractivity (Wildman–Crippen MR) is 112 cm³/mol. The number of ether oxygens (including phenoxy) is 2. The minimum atomic E-state index is -0.598. The van der Waals surface area contributed by atoms with Gasteiger partial charge in [-0.3, -0.25) is 9.59 Å². The van der Waals surface area contributed by atoms with E-state index >= 15 is 0 Å². The minimum Gasteiger partial charge on any atom is -0.462 e. The van der Waals surface area contributed by atoms with E-state index in [1.54, 1.807) is 26.8 Å². The van der Waals surface area contributed by atoms with E-state index in [0.29, 0.717) is 11.3 Å². The molecule has 0 unspecified atom stereocenters. The van der Waals surface area contributed by atoms with Crippen molar-refractivity contribution in [3.05, 3.63) is 59.2 Å². The van der Waals surface area contributed by atoms with Gasteiger partial charge in [-0.05, 0) is 56.3 Å². The van der Waals surface area contributed by atoms with Crippen LogP contribution in [0.4, 0.5) is 11.4 Å². The van der Waals surface area contributed by atoms with E-state index in [-0.39, 0.29) is 42.4 Å². The normalized spacial score (nSPS) is 10.1. The van der Waals surface area contributed by atoms with Crippen LogP contribution < -0.4 is 10.6 Å². The molecule has 0 bridgehead atoms. The van der Waals surface area contributed by atoms with Crippen LogP contribution in [0.1, 0.15) is 58.3 Å². The van der Waals surface area contributed by atoms with Crippen molar-refractivity contribution >= 4 is 35.1 Å². The van der Waals surface area contributed by atoms with Crippen molar-refractivity contribution in [2.24, 2.45) is 0 Å². The molecule has 2 aromatic rings. The van der Waals surface area contributed by atoms with Crippen LogP contribution in [0.25, 0.3) is 0 Å². The highest BCUT2D eigenvalue weighted by Gasteiger charge is 2.17. The first kappa shape index (κ1) is 22.6. The van der Waals surface area contributed by atoms with E-state index in [1.807, 2.05) is 0 Å². The lowest BCUT2D eigenvalue weighted by molar-refractivity contribution is -0.115. The van der Waals surface area contributed by atoms with Crippen molar-refractivity contribution in [2.75, 3.05) is 23.8 Å². The van der Waals surface area contributed by atoms with Crippen LogP contribution in [0.2, 0.25) is 0 Å². The first-order valence-corrected chi connectivity index (χ1v) is 9.59. The number of hydrogen-bond donors (Lipinski definition) is 2. The Labute approximate surface area is 174 Å². The Morgan fingerprint density at radius 1 is 0.767 bits per heavy atom. The molecule has 0 atom stereocenters. The second kappa shape index (κ2) is 10.8. The maximum absolute atomic E-state index is 12.7. The number of carbonyl (C=O) groups is 4. The van der Waals surface area contributed by atoms with Crippen LogP contribution in [-0.4, -0.2) is 37.0 Å². The molecule has 0 aliphatic rings. The molecule has 158 valence electrons. The van der Waals surface area contributed by atoms with Crippen molar-refractivity contribution in [2.45, 2.75) is 27.2 Å². The molecule has 0 spiro atoms. The topological polar surface area (TPSA) is 111 Å². The highest BCUT2D eigenvalue weighted by molar-refractivity contribution is 6.09. The predicted octanol–water partition coefficient (Wildman–Crippen LogP) is 3.64. The van der Waals surface area contributed by atoms with E-state index < -0.39 is 17.8 Å². The number of nitrogens with one attached hydrogen (secondary N) is 2. The molecule has 0 saturated carbocycles. The summed E-state index contributed by atoms with van der Waals surface area (Å²) in [5.74, 6) is -1.77. The summed E-state index contributed by atoms with van der Waals surface area (Å²) in [6.45, 7) is 5.53. The highest BCUT2D eigenvalue weighted by Crippen LogP contribution is 2.23. The molecule has 0 aliphatic carbocycles. The third-order valence-electron chi connectivity index (χ3n) is 4.03. The molecule has 2 N–H and O–H groups in total. The van der Waals surface area contributed by atoms with E-state index in [4.69, 9.17) is 9.47 Å². The van der Waals surface area contributed by atoms with Crippen molar-refractivity contribution in [3.8, 4) is 0 Å². The summed E-state index contributed by atoms with van der Waals surface area (Å²) >= 11 is 0. The maximum atomic E-state index is 12.7. The van der Waals surface area contributed by atoms with Crippen LogP contribution in [0.15, 0.2) is 42.5 Å². The lowest BCUT2D eigenvalue weighted by Crippen LogP contribution is -2.17. The van der Waals surface area contributed by atoms with Gasteiger partial charge in [0, 0.05) is 17.7 Å². The third kappa shape index (κ3) is 5.91. The molecule has 0 fully saturated rings. The van der Waals surface area contributed by atoms with Crippen molar-refractivity contribution in [1.29, 1.82) is 0 Å². The second-order valence-electron chi connectivity index (χ2n) is 6.13. The lowest BCUT2D eigenvalue weighted by atomic mass is 10.1. The number of anilines is 2. The Balaban J connectivity index is 2.28. The number of amides is 2. The quantitative estimate of drug-likeness (QED) is 0.641. The molecule has 0 radical (unpaired) electrons. The summed E-state index contributed by atoms with van der Waals surface area (Å²) in [4.78, 5) is 48.3. The number of esters is 2. The summed E-state index contributed by atoms with van der Waals surface area (Å²) in [7, 11) is 0. The van der Waals surface area contributed by atoms with Gasteiger partial charge in [0.05, 0.1) is 30.0 Å². The molecule has 0 heterocycles. The van der Waals surface area contributed by atoms with Gasteiger partial charge in [-0.1, -0.05) is 6.92 Å². The molecule has 8 heteroatoms. The average molecular weight is 412 g/mol. The van der Waals surface area contributed by atoms with Gasteiger partial charge in [0.1, 0.15) is 0 Å². The van der Waals surface area contributed by atoms with Crippen LogP contribution >= 0.6 is 0 Å². The zero-order valence-corrected chi connectivity index (χ0v) is 17.1. The Morgan fingerprint density at radius 2 is 1.37 bits per heavy atom. The fraction of sp³-hybridized carbons (Fsp3) is 0.273. The zero-order valence-electron chi connectivity index (χ0n) is 17.1. The Bertz CT molecular complexity index is 937. The molecular weight excluding hydrogens is 388 g/mol. The van der Waals surface area contributed by atoms with Crippen molar-refractivity contribution < 1.29 is 28.7 Å². The van der Waals surface area contributed by atoms with E-state index in [0.717, 1.165) is 0 Å². The molecule has 30 heavy (non-hydrogen) atoms. The summed E-state index contributed by atoms with van der Waals surface area (Å²) in [6, 6.07) is 10.5. The summed E-state index contributed by atoms with van der Waals surface area (Å²) in [5, 5.41) is 5.35. The Hall–Kier alpha value is -3.68. The van der Waals surface area contributed by atoms with E-state index in [9.17, 15) is 19.2 Å². The molecule has 8 nitrogen and oxygen atoms in total. The maximum Gasteiger partial charge on any atom is 0.340 e. The minimum absolute atomic E-state index is 0.155. The van der Waals surface area contributed by atoms with Crippen molar-refractivity contribution in [1.82, 2.24) is 0 Å². The van der Waals surface area contributed by atoms with Gasteiger partial charge in [-0.25, -0.2) is 9.59 Å². The van der Waals surface area contributed by atoms with Gasteiger partial charge in [-0.15, -0.1) is 0 Å². The van der Waals surface area contributed by atoms with Gasteiger partial charge >= 0.3 is 11.9 Å². The molecule has 0 aliphatic heterocycles. The van der Waals surface area contributed by atoms with Crippen LogP contribution in [0, 0.1) is 0 Å². The number of hydrogen-bond acceptors (Lipinski definition) is 6. The van der Waals surface area contributed by atoms with E-state index in [1.165, 1.54) is 36.4 Å². The standard InChI is InChI=1S/C22H24N2O6/c1-4-19(25)23-16-11-12-17(22(28)30-6-3)18(13-16)24-20(26)14-7-9-15(10-8-14)21(27)29-5-2/h7-13H,4-6H2,1-3H3,(H,23,25)(H,24,26). The van der Waals surface area contributed by atoms with Gasteiger partial charge in [-0.2, -0.15) is 0 Å². The first-order chi connectivity index (χ1) is 14.4. The third-order valence-corrected chi connectivity index (χ3v) is 4.03. The molecule has 2 amide bonds. The fourth-order valence-corrected chi connectivity index (χ4v) is 2.53. The Kier molecular flexibility index (Phi) is 8.10. The molecule has 2 rings (SSSR count). The molecule has 0 aromatic heterocycles. The fourth-order valence-electron chi connectivity index (χ4n) is 2.53. The monoisotopic (exact) mass is 412 g/mol. The van der Waals surface area contributed by atoms with Crippen molar-refractivity contribution in [3.63, 3.8) is 0 Å². The van der Waals surface area contributed by atoms with Gasteiger partial charge in [0.15, 0.2) is 0 Å². The second-order valence-corrected chi connectivity index (χ2v) is 6.13.